The zero-order chi connectivity index (χ0) is 19.3. The van der Waals surface area contributed by atoms with Gasteiger partial charge < -0.3 is 14.8 Å². The molecule has 2 saturated heterocycles. The van der Waals surface area contributed by atoms with Crippen molar-refractivity contribution in [2.45, 2.75) is 31.2 Å². The number of nitrogens with zero attached hydrogens (tertiary/aromatic N) is 1. The van der Waals surface area contributed by atoms with E-state index in [0.29, 0.717) is 12.2 Å². The molecule has 3 unspecified atom stereocenters. The lowest BCUT2D eigenvalue weighted by Crippen LogP contribution is -2.41. The van der Waals surface area contributed by atoms with Crippen molar-refractivity contribution in [2.75, 3.05) is 18.4 Å². The molecule has 28 heavy (non-hydrogen) atoms. The number of nitrogens with one attached hydrogen (secondary N) is 2. The summed E-state index contributed by atoms with van der Waals surface area (Å²) in [6, 6.07) is 18.6. The van der Waals surface area contributed by atoms with E-state index < -0.39 is 12.2 Å². The molecule has 3 atom stereocenters. The molecule has 7 nitrogen and oxygen atoms in total. The molecule has 2 N–H and O–H groups in total. The van der Waals surface area contributed by atoms with Crippen LogP contribution in [0.25, 0.3) is 0 Å². The zero-order valence-electron chi connectivity index (χ0n) is 15.4. The third-order valence-electron chi connectivity index (χ3n) is 5.13. The van der Waals surface area contributed by atoms with E-state index in [9.17, 15) is 9.59 Å². The highest BCUT2D eigenvalue weighted by atomic mass is 16.6. The maximum atomic E-state index is 12.6. The second kappa shape index (κ2) is 8.31. The van der Waals surface area contributed by atoms with Gasteiger partial charge in [-0.25, -0.2) is 9.59 Å². The Morgan fingerprint density at radius 1 is 1.07 bits per heavy atom. The van der Waals surface area contributed by atoms with Crippen molar-refractivity contribution < 1.29 is 19.1 Å². The monoisotopic (exact) mass is 381 g/mol. The SMILES string of the molecule is O=C(Nc1ccccc1)OC1CN(C(=O)OCc2ccccc2)C2CCNC12. The minimum atomic E-state index is -0.525. The van der Waals surface area contributed by atoms with Gasteiger partial charge in [0.25, 0.3) is 0 Å². The van der Waals surface area contributed by atoms with Gasteiger partial charge in [-0.05, 0) is 30.7 Å². The molecule has 0 spiro atoms. The Kier molecular flexibility index (Phi) is 5.43. The summed E-state index contributed by atoms with van der Waals surface area (Å²) in [5.41, 5.74) is 1.60. The number of hydrogen-bond acceptors (Lipinski definition) is 5. The molecule has 7 heteroatoms. The Hall–Kier alpha value is -3.06. The van der Waals surface area contributed by atoms with Gasteiger partial charge >= 0.3 is 12.2 Å². The van der Waals surface area contributed by atoms with E-state index in [1.165, 1.54) is 0 Å². The smallest absolute Gasteiger partial charge is 0.412 e. The van der Waals surface area contributed by atoms with Crippen LogP contribution in [-0.2, 0) is 16.1 Å². The zero-order valence-corrected chi connectivity index (χ0v) is 15.4. The highest BCUT2D eigenvalue weighted by Crippen LogP contribution is 2.28. The van der Waals surface area contributed by atoms with Gasteiger partial charge in [0.15, 0.2) is 0 Å². The van der Waals surface area contributed by atoms with E-state index in [1.807, 2.05) is 48.5 Å². The number of carbonyl (C=O) groups is 2. The Morgan fingerprint density at radius 3 is 2.54 bits per heavy atom. The molecule has 0 radical (unpaired) electrons. The molecule has 4 rings (SSSR count). The minimum Gasteiger partial charge on any atom is -0.445 e. The fourth-order valence-electron chi connectivity index (χ4n) is 3.81. The van der Waals surface area contributed by atoms with Gasteiger partial charge in [-0.15, -0.1) is 0 Å². The number of fused-ring (bicyclic) bond motifs is 1. The first-order valence-electron chi connectivity index (χ1n) is 9.44. The van der Waals surface area contributed by atoms with Crippen LogP contribution in [0, 0.1) is 0 Å². The maximum absolute atomic E-state index is 12.6. The molecule has 0 aromatic heterocycles. The first-order chi connectivity index (χ1) is 13.7. The fourth-order valence-corrected chi connectivity index (χ4v) is 3.81. The molecule has 2 aliphatic rings. The lowest BCUT2D eigenvalue weighted by Gasteiger charge is -2.21. The summed E-state index contributed by atoms with van der Waals surface area (Å²) in [4.78, 5) is 26.5. The third kappa shape index (κ3) is 4.09. The number of rotatable bonds is 4. The average molecular weight is 381 g/mol. The van der Waals surface area contributed by atoms with Gasteiger partial charge in [-0.2, -0.15) is 0 Å². The molecule has 0 aliphatic carbocycles. The highest BCUT2D eigenvalue weighted by Gasteiger charge is 2.49. The minimum absolute atomic E-state index is 0.0298. The lowest BCUT2D eigenvalue weighted by molar-refractivity contribution is 0.0812. The lowest BCUT2D eigenvalue weighted by atomic mass is 10.1. The van der Waals surface area contributed by atoms with E-state index in [0.717, 1.165) is 18.5 Å². The largest absolute Gasteiger partial charge is 0.445 e. The summed E-state index contributed by atoms with van der Waals surface area (Å²) in [7, 11) is 0. The van der Waals surface area contributed by atoms with E-state index in [1.54, 1.807) is 17.0 Å². The number of amides is 2. The standard InChI is InChI=1S/C21H23N3O4/c25-20(23-16-9-5-2-6-10-16)28-18-13-24(17-11-12-22-19(17)18)21(26)27-14-15-7-3-1-4-8-15/h1-10,17-19,22H,11-14H2,(H,23,25). The Bertz CT molecular complexity index is 815. The second-order valence-electron chi connectivity index (χ2n) is 6.96. The third-order valence-corrected chi connectivity index (χ3v) is 5.13. The van der Waals surface area contributed by atoms with Gasteiger partial charge in [-0.3, -0.25) is 10.2 Å². The Labute approximate surface area is 163 Å². The first kappa shape index (κ1) is 18.3. The number of benzene rings is 2. The van der Waals surface area contributed by atoms with Crippen molar-refractivity contribution in [1.82, 2.24) is 10.2 Å². The number of hydrogen-bond donors (Lipinski definition) is 2. The van der Waals surface area contributed by atoms with Crippen LogP contribution in [0.2, 0.25) is 0 Å². The van der Waals surface area contributed by atoms with E-state index in [4.69, 9.17) is 9.47 Å². The predicted molar refractivity (Wildman–Crippen MR) is 104 cm³/mol. The Morgan fingerprint density at radius 2 is 1.79 bits per heavy atom. The number of likely N-dealkylation sites (tertiary alicyclic amines) is 1. The van der Waals surface area contributed by atoms with Crippen LogP contribution in [-0.4, -0.2) is 48.4 Å². The molecule has 2 aromatic rings. The highest BCUT2D eigenvalue weighted by molar-refractivity contribution is 5.84. The molecule has 2 aromatic carbocycles. The molecule has 2 fully saturated rings. The van der Waals surface area contributed by atoms with Crippen molar-refractivity contribution in [3.05, 3.63) is 66.2 Å². The topological polar surface area (TPSA) is 79.9 Å². The molecular weight excluding hydrogens is 358 g/mol. The van der Waals surface area contributed by atoms with Crippen molar-refractivity contribution in [1.29, 1.82) is 0 Å². The normalized spacial score (nSPS) is 23.1. The first-order valence-corrected chi connectivity index (χ1v) is 9.44. The number of para-hydroxylation sites is 1. The maximum Gasteiger partial charge on any atom is 0.412 e. The van der Waals surface area contributed by atoms with E-state index in [-0.39, 0.29) is 24.8 Å². The van der Waals surface area contributed by atoms with Gasteiger partial charge in [0.1, 0.15) is 12.7 Å². The number of anilines is 1. The molecule has 2 aliphatic heterocycles. The summed E-state index contributed by atoms with van der Waals surface area (Å²) < 4.78 is 11.1. The summed E-state index contributed by atoms with van der Waals surface area (Å²) in [6.45, 7) is 1.32. The average Bonchev–Trinajstić information content (AvgIpc) is 3.32. The van der Waals surface area contributed by atoms with Crippen molar-refractivity contribution in [3.8, 4) is 0 Å². The van der Waals surface area contributed by atoms with Crippen molar-refractivity contribution in [3.63, 3.8) is 0 Å². The quantitative estimate of drug-likeness (QED) is 0.851. The van der Waals surface area contributed by atoms with Crippen molar-refractivity contribution in [2.24, 2.45) is 0 Å². The molecule has 0 bridgehead atoms. The van der Waals surface area contributed by atoms with E-state index >= 15 is 0 Å². The van der Waals surface area contributed by atoms with Crippen LogP contribution >= 0.6 is 0 Å². The molecule has 146 valence electrons. The van der Waals surface area contributed by atoms with Gasteiger partial charge in [-0.1, -0.05) is 48.5 Å². The van der Waals surface area contributed by atoms with Crippen LogP contribution in [0.3, 0.4) is 0 Å². The van der Waals surface area contributed by atoms with Crippen LogP contribution < -0.4 is 10.6 Å². The van der Waals surface area contributed by atoms with Crippen molar-refractivity contribution >= 4 is 17.9 Å². The second-order valence-corrected chi connectivity index (χ2v) is 6.96. The van der Waals surface area contributed by atoms with Crippen LogP contribution in [0.15, 0.2) is 60.7 Å². The summed E-state index contributed by atoms with van der Waals surface area (Å²) >= 11 is 0. The van der Waals surface area contributed by atoms with Gasteiger partial charge in [0, 0.05) is 5.69 Å². The van der Waals surface area contributed by atoms with Crippen LogP contribution in [0.5, 0.6) is 0 Å². The van der Waals surface area contributed by atoms with Crippen LogP contribution in [0.1, 0.15) is 12.0 Å². The number of ether oxygens (including phenoxy) is 2. The van der Waals surface area contributed by atoms with Gasteiger partial charge in [0.2, 0.25) is 0 Å². The summed E-state index contributed by atoms with van der Waals surface area (Å²) in [6.07, 6.45) is -0.508. The summed E-state index contributed by atoms with van der Waals surface area (Å²) in [5.74, 6) is 0. The Balaban J connectivity index is 1.35. The van der Waals surface area contributed by atoms with Gasteiger partial charge in [0.05, 0.1) is 18.6 Å². The predicted octanol–water partition coefficient (Wildman–Crippen LogP) is 2.99. The molecule has 0 saturated carbocycles. The molecule has 2 amide bonds. The fraction of sp³-hybridized carbons (Fsp3) is 0.333. The molecule has 2 heterocycles. The summed E-state index contributed by atoms with van der Waals surface area (Å²) in [5, 5.41) is 6.06. The molecular formula is C21H23N3O4. The van der Waals surface area contributed by atoms with Crippen LogP contribution in [0.4, 0.5) is 15.3 Å². The number of carbonyl (C=O) groups excluding carboxylic acids is 2. The van der Waals surface area contributed by atoms with E-state index in [2.05, 4.69) is 10.6 Å².